The second-order valence-electron chi connectivity index (χ2n) is 7.16. The molecule has 24 heavy (non-hydrogen) atoms. The molecule has 4 rings (SSSR count). The number of benzene rings is 2. The van der Waals surface area contributed by atoms with Gasteiger partial charge in [0.05, 0.1) is 5.02 Å². The van der Waals surface area contributed by atoms with Gasteiger partial charge >= 0.3 is 0 Å². The van der Waals surface area contributed by atoms with Crippen molar-refractivity contribution in [1.82, 2.24) is 4.90 Å². The normalized spacial score (nSPS) is 23.1. The summed E-state index contributed by atoms with van der Waals surface area (Å²) in [5.74, 6) is 0.531. The highest BCUT2D eigenvalue weighted by Crippen LogP contribution is 2.45. The molecule has 1 heterocycles. The summed E-state index contributed by atoms with van der Waals surface area (Å²) in [6.07, 6.45) is 4.39. The minimum atomic E-state index is 0.206. The lowest BCUT2D eigenvalue weighted by Gasteiger charge is -2.39. The van der Waals surface area contributed by atoms with E-state index in [-0.39, 0.29) is 5.75 Å². The molecule has 126 valence electrons. The van der Waals surface area contributed by atoms with Crippen LogP contribution in [-0.4, -0.2) is 29.6 Å². The van der Waals surface area contributed by atoms with E-state index in [2.05, 4.69) is 37.1 Å². The number of halogens is 1. The Morgan fingerprint density at radius 2 is 2.04 bits per heavy atom. The molecule has 0 aromatic heterocycles. The van der Waals surface area contributed by atoms with E-state index in [1.54, 1.807) is 0 Å². The number of hydrogen-bond donors (Lipinski definition) is 1. The van der Waals surface area contributed by atoms with E-state index in [1.807, 2.05) is 12.1 Å². The van der Waals surface area contributed by atoms with Crippen LogP contribution >= 0.6 is 11.6 Å². The molecule has 0 radical (unpaired) electrons. The average Bonchev–Trinajstić information content (AvgIpc) is 2.73. The number of nitrogens with zero attached hydrogens (tertiary/aromatic N) is 1. The molecule has 2 aromatic rings. The molecule has 1 aliphatic carbocycles. The summed E-state index contributed by atoms with van der Waals surface area (Å²) in [4.78, 5) is 2.50. The second-order valence-corrected chi connectivity index (χ2v) is 7.56. The van der Waals surface area contributed by atoms with Gasteiger partial charge in [-0.2, -0.15) is 0 Å². The van der Waals surface area contributed by atoms with E-state index in [9.17, 15) is 5.11 Å². The Bertz CT molecular complexity index is 786. The fraction of sp³-hybridized carbons (Fsp3) is 0.429. The molecular weight excluding hydrogens is 318 g/mol. The van der Waals surface area contributed by atoms with E-state index in [1.165, 1.54) is 34.2 Å². The summed E-state index contributed by atoms with van der Waals surface area (Å²) >= 11 is 6.19. The fourth-order valence-corrected chi connectivity index (χ4v) is 4.87. The van der Waals surface area contributed by atoms with Gasteiger partial charge < -0.3 is 10.0 Å². The van der Waals surface area contributed by atoms with Crippen LogP contribution in [0.1, 0.15) is 47.1 Å². The molecule has 1 aliphatic heterocycles. The molecule has 2 nitrogen and oxygen atoms in total. The van der Waals surface area contributed by atoms with Crippen molar-refractivity contribution in [3.63, 3.8) is 0 Å². The van der Waals surface area contributed by atoms with Crippen molar-refractivity contribution >= 4 is 11.6 Å². The van der Waals surface area contributed by atoms with E-state index in [0.717, 1.165) is 25.8 Å². The van der Waals surface area contributed by atoms with Crippen molar-refractivity contribution in [1.29, 1.82) is 0 Å². The fourth-order valence-electron chi connectivity index (χ4n) is 4.69. The van der Waals surface area contributed by atoms with Gasteiger partial charge in [0.25, 0.3) is 0 Å². The van der Waals surface area contributed by atoms with Crippen LogP contribution in [0.5, 0.6) is 5.75 Å². The van der Waals surface area contributed by atoms with Crippen LogP contribution in [0, 0.1) is 0 Å². The first kappa shape index (κ1) is 16.0. The Hall–Kier alpha value is -1.51. The number of likely N-dealkylation sites (N-methyl/N-ethyl adjacent to an activating group) is 1. The predicted octanol–water partition coefficient (Wildman–Crippen LogP) is 4.54. The lowest BCUT2D eigenvalue weighted by molar-refractivity contribution is 0.213. The summed E-state index contributed by atoms with van der Waals surface area (Å²) in [5.41, 5.74) is 6.99. The largest absolute Gasteiger partial charge is 0.506 e. The van der Waals surface area contributed by atoms with Gasteiger partial charge in [0.15, 0.2) is 0 Å². The van der Waals surface area contributed by atoms with Crippen molar-refractivity contribution in [3.8, 4) is 5.75 Å². The lowest BCUT2D eigenvalue weighted by Crippen LogP contribution is -2.39. The quantitative estimate of drug-likeness (QED) is 0.823. The zero-order valence-corrected chi connectivity index (χ0v) is 15.1. The lowest BCUT2D eigenvalue weighted by atomic mass is 9.73. The number of fused-ring (bicyclic) bond motifs is 5. The Morgan fingerprint density at radius 3 is 2.83 bits per heavy atom. The summed E-state index contributed by atoms with van der Waals surface area (Å²) in [6.45, 7) is 3.28. The van der Waals surface area contributed by atoms with E-state index in [0.29, 0.717) is 17.0 Å². The first-order chi connectivity index (χ1) is 11.6. The zero-order valence-electron chi connectivity index (χ0n) is 14.3. The van der Waals surface area contributed by atoms with Gasteiger partial charge in [0.1, 0.15) is 5.75 Å². The Kier molecular flexibility index (Phi) is 4.06. The maximum absolute atomic E-state index is 10.2. The standard InChI is InChI=1S/C21H24ClNO/c1-3-13-5-4-6-16-15(13)7-8-19-21(16)17-12-20(24)18(22)11-14(17)9-10-23(19)2/h4-6,11-12,19,21,24H,3,7-10H2,1-2H3/t19-,21+/m0/s1. The third kappa shape index (κ3) is 2.44. The number of aromatic hydroxyl groups is 1. The van der Waals surface area contributed by atoms with Crippen molar-refractivity contribution < 1.29 is 5.11 Å². The van der Waals surface area contributed by atoms with Crippen LogP contribution in [0.15, 0.2) is 30.3 Å². The monoisotopic (exact) mass is 341 g/mol. The topological polar surface area (TPSA) is 23.5 Å². The Labute approximate surface area is 149 Å². The molecule has 2 aliphatic rings. The van der Waals surface area contributed by atoms with Gasteiger partial charge in [-0.25, -0.2) is 0 Å². The summed E-state index contributed by atoms with van der Waals surface area (Å²) in [5, 5.41) is 10.7. The predicted molar refractivity (Wildman–Crippen MR) is 99.2 cm³/mol. The summed E-state index contributed by atoms with van der Waals surface area (Å²) in [7, 11) is 2.24. The van der Waals surface area contributed by atoms with Crippen LogP contribution in [0.25, 0.3) is 0 Å². The van der Waals surface area contributed by atoms with Gasteiger partial charge in [-0.3, -0.25) is 0 Å². The molecule has 0 saturated heterocycles. The number of hydrogen-bond acceptors (Lipinski definition) is 2. The molecule has 3 heteroatoms. The van der Waals surface area contributed by atoms with Gasteiger partial charge in [-0.15, -0.1) is 0 Å². The van der Waals surface area contributed by atoms with Crippen molar-refractivity contribution in [2.24, 2.45) is 0 Å². The third-order valence-corrected chi connectivity index (χ3v) is 6.25. The van der Waals surface area contributed by atoms with Gasteiger partial charge in [-0.1, -0.05) is 36.7 Å². The van der Waals surface area contributed by atoms with Gasteiger partial charge in [0, 0.05) is 18.5 Å². The maximum Gasteiger partial charge on any atom is 0.134 e. The minimum Gasteiger partial charge on any atom is -0.506 e. The molecule has 2 atom stereocenters. The van der Waals surface area contributed by atoms with Gasteiger partial charge in [0.2, 0.25) is 0 Å². The molecular formula is C21H24ClNO. The summed E-state index contributed by atoms with van der Waals surface area (Å²) < 4.78 is 0. The van der Waals surface area contributed by atoms with Crippen molar-refractivity contribution in [2.75, 3.05) is 13.6 Å². The van der Waals surface area contributed by atoms with E-state index in [4.69, 9.17) is 11.6 Å². The second kappa shape index (κ2) is 6.09. The Morgan fingerprint density at radius 1 is 1.21 bits per heavy atom. The number of rotatable bonds is 1. The highest BCUT2D eigenvalue weighted by atomic mass is 35.5. The first-order valence-corrected chi connectivity index (χ1v) is 9.30. The maximum atomic E-state index is 10.2. The molecule has 0 saturated carbocycles. The van der Waals surface area contributed by atoms with Crippen LogP contribution in [-0.2, 0) is 19.3 Å². The summed E-state index contributed by atoms with van der Waals surface area (Å²) in [6, 6.07) is 11.1. The van der Waals surface area contributed by atoms with Crippen LogP contribution < -0.4 is 0 Å². The van der Waals surface area contributed by atoms with Crippen LogP contribution in [0.4, 0.5) is 0 Å². The third-order valence-electron chi connectivity index (χ3n) is 5.94. The smallest absolute Gasteiger partial charge is 0.134 e. The Balaban J connectivity index is 1.95. The van der Waals surface area contributed by atoms with Crippen LogP contribution in [0.3, 0.4) is 0 Å². The van der Waals surface area contributed by atoms with Crippen molar-refractivity contribution in [3.05, 3.63) is 63.2 Å². The highest BCUT2D eigenvalue weighted by molar-refractivity contribution is 6.32. The molecule has 0 fully saturated rings. The SMILES string of the molecule is CCc1cccc2c1CC[C@H]1[C@H]2c2cc(O)c(Cl)cc2CCN1C. The minimum absolute atomic E-state index is 0.206. The van der Waals surface area contributed by atoms with E-state index >= 15 is 0 Å². The molecule has 0 amide bonds. The van der Waals surface area contributed by atoms with E-state index < -0.39 is 0 Å². The van der Waals surface area contributed by atoms with Crippen LogP contribution in [0.2, 0.25) is 5.02 Å². The number of phenolic OH excluding ortho intramolecular Hbond substituents is 1. The number of aryl methyl sites for hydroxylation is 1. The number of phenols is 1. The van der Waals surface area contributed by atoms with Crippen molar-refractivity contribution in [2.45, 2.75) is 44.6 Å². The molecule has 2 aromatic carbocycles. The average molecular weight is 342 g/mol. The molecule has 0 unspecified atom stereocenters. The zero-order chi connectivity index (χ0) is 16.8. The molecule has 1 N–H and O–H groups in total. The highest BCUT2D eigenvalue weighted by Gasteiger charge is 2.37. The van der Waals surface area contributed by atoms with Gasteiger partial charge in [-0.05, 0) is 72.7 Å². The molecule has 0 spiro atoms. The molecule has 0 bridgehead atoms. The first-order valence-electron chi connectivity index (χ1n) is 8.92.